The first-order chi connectivity index (χ1) is 12.3. The van der Waals surface area contributed by atoms with Crippen molar-refractivity contribution in [2.45, 2.75) is 43.7 Å². The molecule has 1 fully saturated rings. The number of methoxy groups -OCH3 is 1. The van der Waals surface area contributed by atoms with Crippen molar-refractivity contribution in [1.29, 1.82) is 0 Å². The fourth-order valence-corrected chi connectivity index (χ4v) is 4.39. The van der Waals surface area contributed by atoms with Crippen LogP contribution in [-0.2, 0) is 24.3 Å². The minimum Gasteiger partial charge on any atom is -0.497 e. The van der Waals surface area contributed by atoms with Crippen molar-refractivity contribution in [2.75, 3.05) is 20.3 Å². The quantitative estimate of drug-likeness (QED) is 0.702. The molecule has 1 saturated heterocycles. The Morgan fingerprint density at radius 1 is 1.27 bits per heavy atom. The second-order valence-electron chi connectivity index (χ2n) is 6.28. The number of hydrogen-bond acceptors (Lipinski definition) is 6. The van der Waals surface area contributed by atoms with Gasteiger partial charge in [-0.2, -0.15) is 4.31 Å². The minimum atomic E-state index is -3.84. The summed E-state index contributed by atoms with van der Waals surface area (Å²) < 4.78 is 36.8. The highest BCUT2D eigenvalue weighted by atomic mass is 32.2. The number of amides is 1. The van der Waals surface area contributed by atoms with E-state index in [4.69, 9.17) is 9.47 Å². The molecule has 1 aromatic rings. The number of rotatable bonds is 7. The third kappa shape index (κ3) is 4.73. The van der Waals surface area contributed by atoms with E-state index in [-0.39, 0.29) is 17.5 Å². The average Bonchev–Trinajstić information content (AvgIpc) is 3.10. The highest BCUT2D eigenvalue weighted by molar-refractivity contribution is 7.89. The SMILES string of the molecule is COc1ccc(S(=O)(=O)N2CCC[C@H]2C(=O)OCC(=O)NC(C)C)cc1. The van der Waals surface area contributed by atoms with Crippen LogP contribution in [0, 0.1) is 0 Å². The fourth-order valence-electron chi connectivity index (χ4n) is 2.74. The molecular weight excluding hydrogens is 360 g/mol. The average molecular weight is 384 g/mol. The van der Waals surface area contributed by atoms with E-state index in [1.807, 2.05) is 0 Å². The van der Waals surface area contributed by atoms with Gasteiger partial charge in [0.1, 0.15) is 11.8 Å². The van der Waals surface area contributed by atoms with Gasteiger partial charge in [0.25, 0.3) is 5.91 Å². The van der Waals surface area contributed by atoms with E-state index < -0.39 is 34.5 Å². The predicted octanol–water partition coefficient (Wildman–Crippen LogP) is 0.916. The summed E-state index contributed by atoms with van der Waals surface area (Å²) >= 11 is 0. The van der Waals surface area contributed by atoms with Crippen LogP contribution in [-0.4, -0.2) is 56.9 Å². The lowest BCUT2D eigenvalue weighted by molar-refractivity contribution is -0.151. The van der Waals surface area contributed by atoms with Crippen molar-refractivity contribution in [3.8, 4) is 5.75 Å². The largest absolute Gasteiger partial charge is 0.497 e. The molecule has 1 aliphatic heterocycles. The molecule has 8 nitrogen and oxygen atoms in total. The lowest BCUT2D eigenvalue weighted by atomic mass is 10.2. The van der Waals surface area contributed by atoms with Crippen molar-refractivity contribution < 1.29 is 27.5 Å². The van der Waals surface area contributed by atoms with Gasteiger partial charge >= 0.3 is 5.97 Å². The van der Waals surface area contributed by atoms with Gasteiger partial charge in [0, 0.05) is 12.6 Å². The molecule has 1 N–H and O–H groups in total. The van der Waals surface area contributed by atoms with Crippen LogP contribution in [0.2, 0.25) is 0 Å². The molecule has 0 aliphatic carbocycles. The lowest BCUT2D eigenvalue weighted by Gasteiger charge is -2.22. The molecule has 1 amide bonds. The van der Waals surface area contributed by atoms with E-state index in [1.54, 1.807) is 26.0 Å². The van der Waals surface area contributed by atoms with Crippen LogP contribution in [0.15, 0.2) is 29.2 Å². The lowest BCUT2D eigenvalue weighted by Crippen LogP contribution is -2.42. The van der Waals surface area contributed by atoms with Crippen LogP contribution in [0.25, 0.3) is 0 Å². The fraction of sp³-hybridized carbons (Fsp3) is 0.529. The predicted molar refractivity (Wildman–Crippen MR) is 94.1 cm³/mol. The first-order valence-electron chi connectivity index (χ1n) is 8.37. The second kappa shape index (κ2) is 8.50. The molecule has 2 rings (SSSR count). The molecular formula is C17H24N2O6S. The van der Waals surface area contributed by atoms with Gasteiger partial charge in [-0.3, -0.25) is 9.59 Å². The Morgan fingerprint density at radius 2 is 1.92 bits per heavy atom. The second-order valence-corrected chi connectivity index (χ2v) is 8.17. The molecule has 0 saturated carbocycles. The highest BCUT2D eigenvalue weighted by Crippen LogP contribution is 2.27. The summed E-state index contributed by atoms with van der Waals surface area (Å²) in [5.74, 6) is -0.591. The molecule has 1 heterocycles. The zero-order valence-electron chi connectivity index (χ0n) is 15.1. The molecule has 9 heteroatoms. The number of carbonyl (C=O) groups excluding carboxylic acids is 2. The molecule has 144 valence electrons. The van der Waals surface area contributed by atoms with Gasteiger partial charge < -0.3 is 14.8 Å². The van der Waals surface area contributed by atoms with E-state index in [0.717, 1.165) is 4.31 Å². The van der Waals surface area contributed by atoms with Gasteiger partial charge in [-0.25, -0.2) is 8.42 Å². The maximum atomic E-state index is 12.8. The summed E-state index contributed by atoms with van der Waals surface area (Å²) in [6.07, 6.45) is 0.910. The van der Waals surface area contributed by atoms with Crippen LogP contribution >= 0.6 is 0 Å². The highest BCUT2D eigenvalue weighted by Gasteiger charge is 2.40. The summed E-state index contributed by atoms with van der Waals surface area (Å²) in [6.45, 7) is 3.38. The first-order valence-corrected chi connectivity index (χ1v) is 9.81. The number of esters is 1. The number of carbonyl (C=O) groups is 2. The molecule has 0 bridgehead atoms. The van der Waals surface area contributed by atoms with Gasteiger partial charge in [-0.05, 0) is 51.0 Å². The van der Waals surface area contributed by atoms with Crippen molar-refractivity contribution in [3.63, 3.8) is 0 Å². The molecule has 0 spiro atoms. The van der Waals surface area contributed by atoms with Gasteiger partial charge in [0.15, 0.2) is 6.61 Å². The van der Waals surface area contributed by atoms with E-state index in [9.17, 15) is 18.0 Å². The van der Waals surface area contributed by atoms with Crippen molar-refractivity contribution in [1.82, 2.24) is 9.62 Å². The first kappa shape index (κ1) is 20.2. The Balaban J connectivity index is 2.08. The molecule has 0 radical (unpaired) electrons. The molecule has 0 unspecified atom stereocenters. The maximum Gasteiger partial charge on any atom is 0.324 e. The number of benzene rings is 1. The van der Waals surface area contributed by atoms with Crippen molar-refractivity contribution in [2.24, 2.45) is 0 Å². The van der Waals surface area contributed by atoms with Gasteiger partial charge in [0.2, 0.25) is 10.0 Å². The van der Waals surface area contributed by atoms with E-state index in [1.165, 1.54) is 19.2 Å². The zero-order valence-corrected chi connectivity index (χ0v) is 15.9. The van der Waals surface area contributed by atoms with Gasteiger partial charge in [-0.1, -0.05) is 0 Å². The molecule has 26 heavy (non-hydrogen) atoms. The number of nitrogens with zero attached hydrogens (tertiary/aromatic N) is 1. The van der Waals surface area contributed by atoms with E-state index in [0.29, 0.717) is 18.6 Å². The monoisotopic (exact) mass is 384 g/mol. The Kier molecular flexibility index (Phi) is 6.60. The van der Waals surface area contributed by atoms with Crippen molar-refractivity contribution >= 4 is 21.9 Å². The Bertz CT molecular complexity index is 745. The number of sulfonamides is 1. The smallest absolute Gasteiger partial charge is 0.324 e. The summed E-state index contributed by atoms with van der Waals surface area (Å²) in [4.78, 5) is 24.0. The summed E-state index contributed by atoms with van der Waals surface area (Å²) in [5, 5.41) is 2.61. The molecule has 1 aliphatic rings. The normalized spacial score (nSPS) is 17.9. The summed E-state index contributed by atoms with van der Waals surface area (Å²) in [5.41, 5.74) is 0. The number of hydrogen-bond donors (Lipinski definition) is 1. The standard InChI is InChI=1S/C17H24N2O6S/c1-12(2)18-16(20)11-25-17(21)15-5-4-10-19(15)26(22,23)14-8-6-13(24-3)7-9-14/h6-9,12,15H,4-5,10-11H2,1-3H3,(H,18,20)/t15-/m0/s1. The number of ether oxygens (including phenoxy) is 2. The van der Waals surface area contributed by atoms with E-state index in [2.05, 4.69) is 5.32 Å². The topological polar surface area (TPSA) is 102 Å². The number of nitrogens with one attached hydrogen (secondary N) is 1. The van der Waals surface area contributed by atoms with Crippen molar-refractivity contribution in [3.05, 3.63) is 24.3 Å². The third-order valence-corrected chi connectivity index (χ3v) is 5.86. The van der Waals surface area contributed by atoms with E-state index >= 15 is 0 Å². The van der Waals surface area contributed by atoms with Crippen LogP contribution in [0.3, 0.4) is 0 Å². The summed E-state index contributed by atoms with van der Waals surface area (Å²) in [6, 6.07) is 4.98. The summed E-state index contributed by atoms with van der Waals surface area (Å²) in [7, 11) is -2.35. The molecule has 1 atom stereocenters. The van der Waals surface area contributed by atoms with Crippen LogP contribution in [0.4, 0.5) is 0 Å². The molecule has 1 aromatic carbocycles. The Morgan fingerprint density at radius 3 is 2.50 bits per heavy atom. The Hall–Kier alpha value is -2.13. The van der Waals surface area contributed by atoms with Gasteiger partial charge in [0.05, 0.1) is 12.0 Å². The molecule has 0 aromatic heterocycles. The van der Waals surface area contributed by atoms with Crippen LogP contribution < -0.4 is 10.1 Å². The Labute approximate surface area is 153 Å². The maximum absolute atomic E-state index is 12.8. The van der Waals surface area contributed by atoms with Crippen LogP contribution in [0.1, 0.15) is 26.7 Å². The zero-order chi connectivity index (χ0) is 19.3. The third-order valence-electron chi connectivity index (χ3n) is 3.94. The van der Waals surface area contributed by atoms with Crippen LogP contribution in [0.5, 0.6) is 5.75 Å². The minimum absolute atomic E-state index is 0.0698. The van der Waals surface area contributed by atoms with Gasteiger partial charge in [-0.15, -0.1) is 0 Å².